The predicted molar refractivity (Wildman–Crippen MR) is 106 cm³/mol. The molecule has 2 aromatic heterocycles. The van der Waals surface area contributed by atoms with Crippen LogP contribution in [0.25, 0.3) is 22.0 Å². The zero-order valence-corrected chi connectivity index (χ0v) is 16.9. The minimum atomic E-state index is -4.39. The van der Waals surface area contributed by atoms with Gasteiger partial charge in [0.1, 0.15) is 17.8 Å². The van der Waals surface area contributed by atoms with E-state index in [0.29, 0.717) is 16.5 Å². The molecule has 2 N–H and O–H groups in total. The number of amides is 1. The fourth-order valence-corrected chi connectivity index (χ4v) is 3.13. The van der Waals surface area contributed by atoms with Gasteiger partial charge in [-0.25, -0.2) is 9.37 Å². The Labute approximate surface area is 175 Å². The second-order valence-electron chi connectivity index (χ2n) is 7.16. The number of likely N-dealkylation sites (N-methyl/N-ethyl adjacent to an activating group) is 1. The van der Waals surface area contributed by atoms with Crippen molar-refractivity contribution in [3.63, 3.8) is 0 Å². The number of halogens is 4. The van der Waals surface area contributed by atoms with Crippen LogP contribution in [0.15, 0.2) is 30.6 Å². The maximum atomic E-state index is 15.3. The number of nitrogens with zero attached hydrogens (tertiary/aromatic N) is 4. The van der Waals surface area contributed by atoms with E-state index in [1.165, 1.54) is 6.07 Å². The number of carbonyl (C=O) groups is 1. The van der Waals surface area contributed by atoms with Crippen molar-refractivity contribution in [1.29, 1.82) is 0 Å². The van der Waals surface area contributed by atoms with Crippen LogP contribution in [0.5, 0.6) is 0 Å². The Morgan fingerprint density at radius 1 is 1.32 bits per heavy atom. The predicted octanol–water partition coefficient (Wildman–Crippen LogP) is 2.88. The van der Waals surface area contributed by atoms with Crippen molar-refractivity contribution >= 4 is 16.8 Å². The molecule has 0 unspecified atom stereocenters. The number of nitrogens with two attached hydrogens (primary N) is 1. The van der Waals surface area contributed by atoms with Gasteiger partial charge in [0, 0.05) is 42.8 Å². The number of alkyl halides is 3. The molecule has 3 rings (SSSR count). The number of primary amides is 1. The van der Waals surface area contributed by atoms with Crippen LogP contribution in [-0.2, 0) is 18.3 Å². The lowest BCUT2D eigenvalue weighted by Crippen LogP contribution is -2.26. The molecule has 1 amide bonds. The Bertz CT molecular complexity index is 1100. The Hall–Kier alpha value is -3.05. The number of hydrogen-bond donors (Lipinski definition) is 1. The summed E-state index contributed by atoms with van der Waals surface area (Å²) in [5, 5.41) is 4.58. The van der Waals surface area contributed by atoms with E-state index in [1.807, 2.05) is 0 Å². The standard InChI is InChI=1S/C20H21F4N5O2/c1-28(5-6-31-11-20(22,23)24)9-12-3-4-14-15(13-8-26-29(2)10-13)7-16(19(25)30)27-18(14)17(12)21/h3-4,7-8,10H,5-6,9,11H2,1-2H3,(H2,25,30). The van der Waals surface area contributed by atoms with E-state index in [0.717, 1.165) is 0 Å². The number of fused-ring (bicyclic) bond motifs is 1. The summed E-state index contributed by atoms with van der Waals surface area (Å²) in [5.41, 5.74) is 6.78. The molecule has 0 aliphatic heterocycles. The number of rotatable bonds is 8. The summed E-state index contributed by atoms with van der Waals surface area (Å²) in [6.45, 7) is -1.20. The lowest BCUT2D eigenvalue weighted by molar-refractivity contribution is -0.174. The highest BCUT2D eigenvalue weighted by molar-refractivity contribution is 6.01. The van der Waals surface area contributed by atoms with Gasteiger partial charge in [0.15, 0.2) is 5.82 Å². The first-order valence-electron chi connectivity index (χ1n) is 9.29. The molecule has 166 valence electrons. The molecule has 31 heavy (non-hydrogen) atoms. The van der Waals surface area contributed by atoms with E-state index in [4.69, 9.17) is 5.73 Å². The third kappa shape index (κ3) is 5.56. The van der Waals surface area contributed by atoms with Gasteiger partial charge >= 0.3 is 6.18 Å². The van der Waals surface area contributed by atoms with Gasteiger partial charge in [0.2, 0.25) is 0 Å². The van der Waals surface area contributed by atoms with E-state index in [2.05, 4.69) is 14.8 Å². The van der Waals surface area contributed by atoms with Gasteiger partial charge in [-0.3, -0.25) is 14.4 Å². The summed E-state index contributed by atoms with van der Waals surface area (Å²) in [6, 6.07) is 4.75. The first-order valence-corrected chi connectivity index (χ1v) is 9.29. The van der Waals surface area contributed by atoms with Gasteiger partial charge in [0.25, 0.3) is 5.91 Å². The van der Waals surface area contributed by atoms with E-state index in [1.54, 1.807) is 48.2 Å². The maximum Gasteiger partial charge on any atom is 0.411 e. The molecular formula is C20H21F4N5O2. The second kappa shape index (κ2) is 8.98. The van der Waals surface area contributed by atoms with Gasteiger partial charge in [-0.1, -0.05) is 12.1 Å². The quantitative estimate of drug-likeness (QED) is 0.431. The number of aryl methyl sites for hydroxylation is 1. The van der Waals surface area contributed by atoms with E-state index < -0.39 is 24.5 Å². The van der Waals surface area contributed by atoms with Crippen molar-refractivity contribution in [3.8, 4) is 11.1 Å². The monoisotopic (exact) mass is 439 g/mol. The molecule has 0 saturated heterocycles. The molecule has 3 aromatic rings. The second-order valence-corrected chi connectivity index (χ2v) is 7.16. The fourth-order valence-electron chi connectivity index (χ4n) is 3.13. The average molecular weight is 439 g/mol. The zero-order chi connectivity index (χ0) is 22.8. The zero-order valence-electron chi connectivity index (χ0n) is 16.9. The van der Waals surface area contributed by atoms with E-state index in [9.17, 15) is 18.0 Å². The van der Waals surface area contributed by atoms with Crippen LogP contribution in [0.3, 0.4) is 0 Å². The van der Waals surface area contributed by atoms with Gasteiger partial charge < -0.3 is 10.5 Å². The highest BCUT2D eigenvalue weighted by Gasteiger charge is 2.27. The Balaban J connectivity index is 1.88. The van der Waals surface area contributed by atoms with Crippen molar-refractivity contribution in [2.75, 3.05) is 26.8 Å². The molecular weight excluding hydrogens is 418 g/mol. The minimum Gasteiger partial charge on any atom is -0.371 e. The molecule has 0 saturated carbocycles. The topological polar surface area (TPSA) is 86.3 Å². The molecule has 11 heteroatoms. The third-order valence-electron chi connectivity index (χ3n) is 4.59. The van der Waals surface area contributed by atoms with Gasteiger partial charge in [0.05, 0.1) is 12.8 Å². The number of hydrogen-bond acceptors (Lipinski definition) is 5. The summed E-state index contributed by atoms with van der Waals surface area (Å²) < 4.78 is 57.9. The van der Waals surface area contributed by atoms with Crippen molar-refractivity contribution in [3.05, 3.63) is 47.7 Å². The molecule has 0 aliphatic carbocycles. The lowest BCUT2D eigenvalue weighted by Gasteiger charge is -2.18. The summed E-state index contributed by atoms with van der Waals surface area (Å²) >= 11 is 0. The Morgan fingerprint density at radius 2 is 2.06 bits per heavy atom. The molecule has 1 aromatic carbocycles. The van der Waals surface area contributed by atoms with Crippen LogP contribution in [0.4, 0.5) is 17.6 Å². The van der Waals surface area contributed by atoms with Gasteiger partial charge in [-0.05, 0) is 18.7 Å². The van der Waals surface area contributed by atoms with Gasteiger partial charge in [-0.15, -0.1) is 0 Å². The van der Waals surface area contributed by atoms with Crippen molar-refractivity contribution < 1.29 is 27.1 Å². The smallest absolute Gasteiger partial charge is 0.371 e. The van der Waals surface area contributed by atoms with Crippen LogP contribution < -0.4 is 5.73 Å². The highest BCUT2D eigenvalue weighted by atomic mass is 19.4. The van der Waals surface area contributed by atoms with E-state index >= 15 is 4.39 Å². The Morgan fingerprint density at radius 3 is 2.68 bits per heavy atom. The van der Waals surface area contributed by atoms with Crippen molar-refractivity contribution in [2.45, 2.75) is 12.7 Å². The molecule has 0 spiro atoms. The van der Waals surface area contributed by atoms with Crippen LogP contribution in [0.2, 0.25) is 0 Å². The van der Waals surface area contributed by atoms with E-state index in [-0.39, 0.29) is 36.5 Å². The molecule has 0 fully saturated rings. The number of benzene rings is 1. The fraction of sp³-hybridized carbons (Fsp3) is 0.350. The number of ether oxygens (including phenoxy) is 1. The van der Waals surface area contributed by atoms with Crippen LogP contribution >= 0.6 is 0 Å². The molecule has 2 heterocycles. The maximum absolute atomic E-state index is 15.3. The summed E-state index contributed by atoms with van der Waals surface area (Å²) in [4.78, 5) is 17.5. The number of aromatic nitrogens is 3. The first-order chi connectivity index (χ1) is 14.5. The van der Waals surface area contributed by atoms with Crippen molar-refractivity contribution in [1.82, 2.24) is 19.7 Å². The molecule has 0 bridgehead atoms. The first kappa shape index (κ1) is 22.6. The summed E-state index contributed by atoms with van der Waals surface area (Å²) in [7, 11) is 3.36. The molecule has 0 atom stereocenters. The number of pyridine rings is 1. The van der Waals surface area contributed by atoms with Crippen LogP contribution in [0, 0.1) is 5.82 Å². The third-order valence-corrected chi connectivity index (χ3v) is 4.59. The average Bonchev–Trinajstić information content (AvgIpc) is 3.12. The van der Waals surface area contributed by atoms with Crippen LogP contribution in [-0.4, -0.2) is 58.6 Å². The Kier molecular flexibility index (Phi) is 6.56. The summed E-state index contributed by atoms with van der Waals surface area (Å²) in [6.07, 6.45) is -1.08. The van der Waals surface area contributed by atoms with Crippen LogP contribution in [0.1, 0.15) is 16.1 Å². The van der Waals surface area contributed by atoms with Gasteiger partial charge in [-0.2, -0.15) is 18.3 Å². The highest BCUT2D eigenvalue weighted by Crippen LogP contribution is 2.31. The number of carbonyl (C=O) groups excluding carboxylic acids is 1. The SMILES string of the molecule is CN(CCOCC(F)(F)F)Cc1ccc2c(-c3cnn(C)c3)cc(C(N)=O)nc2c1F. The van der Waals surface area contributed by atoms with Crippen molar-refractivity contribution in [2.24, 2.45) is 12.8 Å². The molecule has 0 aliphatic rings. The normalized spacial score (nSPS) is 12.1. The largest absolute Gasteiger partial charge is 0.411 e. The summed E-state index contributed by atoms with van der Waals surface area (Å²) in [5.74, 6) is -1.43. The lowest BCUT2D eigenvalue weighted by atomic mass is 10.0. The minimum absolute atomic E-state index is 0.0191. The molecule has 7 nitrogen and oxygen atoms in total. The molecule has 0 radical (unpaired) electrons.